The quantitative estimate of drug-likeness (QED) is 0.822. The third kappa shape index (κ3) is 4.65. The third-order valence-corrected chi connectivity index (χ3v) is 4.76. The fourth-order valence-corrected chi connectivity index (χ4v) is 3.49. The van der Waals surface area contributed by atoms with Gasteiger partial charge in [0.2, 0.25) is 5.91 Å². The maximum atomic E-state index is 13.1. The summed E-state index contributed by atoms with van der Waals surface area (Å²) in [5, 5.41) is 2.98. The molecule has 1 amide bonds. The van der Waals surface area contributed by atoms with E-state index in [2.05, 4.69) is 23.2 Å². The average Bonchev–Trinajstić information content (AvgIpc) is 2.84. The molecule has 0 spiro atoms. The van der Waals surface area contributed by atoms with Gasteiger partial charge in [0.25, 0.3) is 0 Å². The molecule has 27 heavy (non-hydrogen) atoms. The number of halogens is 1. The number of hydrogen-bond donors (Lipinski definition) is 1. The highest BCUT2D eigenvalue weighted by molar-refractivity contribution is 5.91. The zero-order valence-corrected chi connectivity index (χ0v) is 16.8. The summed E-state index contributed by atoms with van der Waals surface area (Å²) >= 11 is 0. The largest absolute Gasteiger partial charge is 0.365 e. The Bertz CT molecular complexity index is 840. The molecule has 3 rings (SSSR count). The van der Waals surface area contributed by atoms with Gasteiger partial charge in [-0.05, 0) is 41.7 Å². The number of carbonyl (C=O) groups excluding carboxylic acids is 1. The van der Waals surface area contributed by atoms with E-state index in [1.165, 1.54) is 12.1 Å². The van der Waals surface area contributed by atoms with E-state index in [0.29, 0.717) is 18.8 Å². The normalized spacial score (nSPS) is 16.4. The summed E-state index contributed by atoms with van der Waals surface area (Å²) in [4.78, 5) is 19.4. The van der Waals surface area contributed by atoms with Crippen molar-refractivity contribution >= 4 is 17.4 Å². The summed E-state index contributed by atoms with van der Waals surface area (Å²) in [7, 11) is 0. The van der Waals surface area contributed by atoms with Crippen molar-refractivity contribution in [1.82, 2.24) is 4.98 Å². The van der Waals surface area contributed by atoms with Crippen molar-refractivity contribution in [3.63, 3.8) is 0 Å². The Morgan fingerprint density at radius 1 is 1.30 bits per heavy atom. The molecule has 5 heteroatoms. The van der Waals surface area contributed by atoms with Gasteiger partial charge in [-0.25, -0.2) is 9.37 Å². The van der Waals surface area contributed by atoms with Crippen molar-refractivity contribution < 1.29 is 9.18 Å². The molecule has 144 valence electrons. The lowest BCUT2D eigenvalue weighted by atomic mass is 9.92. The number of nitrogens with one attached hydrogen (secondary N) is 1. The number of aryl methyl sites for hydroxylation is 1. The van der Waals surface area contributed by atoms with Crippen LogP contribution >= 0.6 is 0 Å². The van der Waals surface area contributed by atoms with Crippen LogP contribution in [0.3, 0.4) is 0 Å². The molecule has 1 atom stereocenters. The number of anilines is 2. The molecule has 0 aliphatic carbocycles. The number of rotatable bonds is 4. The van der Waals surface area contributed by atoms with E-state index in [-0.39, 0.29) is 23.1 Å². The molecule has 1 aromatic heterocycles. The van der Waals surface area contributed by atoms with Gasteiger partial charge < -0.3 is 10.2 Å². The molecule has 0 saturated heterocycles. The molecule has 0 fully saturated rings. The molecule has 0 radical (unpaired) electrons. The number of benzene rings is 1. The summed E-state index contributed by atoms with van der Waals surface area (Å²) in [5.74, 6) is 0.701. The van der Waals surface area contributed by atoms with E-state index in [4.69, 9.17) is 4.98 Å². The van der Waals surface area contributed by atoms with Crippen LogP contribution in [0, 0.1) is 18.2 Å². The predicted molar refractivity (Wildman–Crippen MR) is 108 cm³/mol. The summed E-state index contributed by atoms with van der Waals surface area (Å²) in [5.41, 5.74) is 4.06. The smallest absolute Gasteiger partial charge is 0.226 e. The van der Waals surface area contributed by atoms with E-state index >= 15 is 0 Å². The van der Waals surface area contributed by atoms with Crippen molar-refractivity contribution in [3.8, 4) is 0 Å². The van der Waals surface area contributed by atoms with E-state index in [1.807, 2.05) is 39.8 Å². The second-order valence-corrected chi connectivity index (χ2v) is 8.75. The number of fused-ring (bicyclic) bond motifs is 1. The zero-order valence-electron chi connectivity index (χ0n) is 16.8. The summed E-state index contributed by atoms with van der Waals surface area (Å²) in [6.07, 6.45) is 0.456. The van der Waals surface area contributed by atoms with E-state index in [1.54, 1.807) is 0 Å². The minimum Gasteiger partial charge on any atom is -0.365 e. The van der Waals surface area contributed by atoms with Gasteiger partial charge in [-0.1, -0.05) is 39.8 Å². The Kier molecular flexibility index (Phi) is 5.22. The van der Waals surface area contributed by atoms with Crippen LogP contribution in [0.1, 0.15) is 56.9 Å². The van der Waals surface area contributed by atoms with E-state index in [9.17, 15) is 9.18 Å². The fraction of sp³-hybridized carbons (Fsp3) is 0.455. The number of amides is 1. The van der Waals surface area contributed by atoms with Crippen LogP contribution in [0.5, 0.6) is 0 Å². The Hall–Kier alpha value is -2.43. The molecule has 1 aromatic carbocycles. The molecule has 1 aliphatic heterocycles. The highest BCUT2D eigenvalue weighted by atomic mass is 19.1. The standard InChI is InChI=1S/C22H28FN3O/c1-14-10-18-20(25-21(14)24-19(27)11-22(3,4)5)15(2)12-26(18)13-16-6-8-17(23)9-7-16/h6-10,15H,11-13H2,1-5H3,(H,24,25,27)/t15-/m1/s1. The van der Waals surface area contributed by atoms with Crippen molar-refractivity contribution in [3.05, 3.63) is 53.0 Å². The molecule has 4 nitrogen and oxygen atoms in total. The Labute approximate surface area is 160 Å². The van der Waals surface area contributed by atoms with Crippen LogP contribution in [-0.4, -0.2) is 17.4 Å². The lowest BCUT2D eigenvalue weighted by Crippen LogP contribution is -2.21. The van der Waals surface area contributed by atoms with Gasteiger partial charge in [-0.3, -0.25) is 4.79 Å². The Morgan fingerprint density at radius 2 is 1.96 bits per heavy atom. The first-order valence-electron chi connectivity index (χ1n) is 9.43. The number of hydrogen-bond acceptors (Lipinski definition) is 3. The van der Waals surface area contributed by atoms with Gasteiger partial charge in [0.15, 0.2) is 0 Å². The van der Waals surface area contributed by atoms with Gasteiger partial charge in [0.05, 0.1) is 11.4 Å². The van der Waals surface area contributed by atoms with Crippen molar-refractivity contribution in [2.45, 2.75) is 53.5 Å². The highest BCUT2D eigenvalue weighted by Gasteiger charge is 2.28. The first-order chi connectivity index (χ1) is 12.6. The first-order valence-corrected chi connectivity index (χ1v) is 9.43. The van der Waals surface area contributed by atoms with Crippen LogP contribution in [-0.2, 0) is 11.3 Å². The first kappa shape index (κ1) is 19.3. The van der Waals surface area contributed by atoms with Gasteiger partial charge in [-0.2, -0.15) is 0 Å². The lowest BCUT2D eigenvalue weighted by molar-refractivity contribution is -0.117. The number of carbonyl (C=O) groups is 1. The van der Waals surface area contributed by atoms with Crippen LogP contribution in [0.15, 0.2) is 30.3 Å². The maximum absolute atomic E-state index is 13.1. The molecule has 2 heterocycles. The van der Waals surface area contributed by atoms with Gasteiger partial charge in [0, 0.05) is 25.4 Å². The monoisotopic (exact) mass is 369 g/mol. The van der Waals surface area contributed by atoms with Crippen molar-refractivity contribution in [2.75, 3.05) is 16.8 Å². The van der Waals surface area contributed by atoms with Crippen molar-refractivity contribution in [1.29, 1.82) is 0 Å². The minimum absolute atomic E-state index is 0.00753. The molecule has 0 saturated carbocycles. The SMILES string of the molecule is Cc1cc2c(nc1NC(=O)CC(C)(C)C)[C@H](C)CN2Cc1ccc(F)cc1. The third-order valence-electron chi connectivity index (χ3n) is 4.76. The Balaban J connectivity index is 1.81. The number of pyridine rings is 1. The van der Waals surface area contributed by atoms with Crippen molar-refractivity contribution in [2.24, 2.45) is 5.41 Å². The highest BCUT2D eigenvalue weighted by Crippen LogP contribution is 2.38. The summed E-state index contributed by atoms with van der Waals surface area (Å²) < 4.78 is 13.1. The average molecular weight is 369 g/mol. The van der Waals surface area contributed by atoms with Gasteiger partial charge >= 0.3 is 0 Å². The second-order valence-electron chi connectivity index (χ2n) is 8.75. The molecule has 1 N–H and O–H groups in total. The van der Waals surface area contributed by atoms with Crippen LogP contribution < -0.4 is 10.2 Å². The maximum Gasteiger partial charge on any atom is 0.226 e. The van der Waals surface area contributed by atoms with Crippen LogP contribution in [0.2, 0.25) is 0 Å². The van der Waals surface area contributed by atoms with Gasteiger partial charge in [-0.15, -0.1) is 0 Å². The predicted octanol–water partition coefficient (Wildman–Crippen LogP) is 5.03. The summed E-state index contributed by atoms with van der Waals surface area (Å²) in [6.45, 7) is 11.8. The minimum atomic E-state index is -0.220. The molecule has 1 aliphatic rings. The number of nitrogens with zero attached hydrogens (tertiary/aromatic N) is 2. The molecule has 0 unspecified atom stereocenters. The molecular weight excluding hydrogens is 341 g/mol. The number of aromatic nitrogens is 1. The molecule has 2 aromatic rings. The zero-order chi connectivity index (χ0) is 19.8. The summed E-state index contributed by atoms with van der Waals surface area (Å²) in [6, 6.07) is 8.72. The topological polar surface area (TPSA) is 45.2 Å². The Morgan fingerprint density at radius 3 is 2.59 bits per heavy atom. The molecule has 0 bridgehead atoms. The second kappa shape index (κ2) is 7.29. The van der Waals surface area contributed by atoms with Crippen LogP contribution in [0.25, 0.3) is 0 Å². The fourth-order valence-electron chi connectivity index (χ4n) is 3.49. The lowest BCUT2D eigenvalue weighted by Gasteiger charge is -2.21. The van der Waals surface area contributed by atoms with Crippen LogP contribution in [0.4, 0.5) is 15.9 Å². The van der Waals surface area contributed by atoms with E-state index in [0.717, 1.165) is 29.1 Å². The molecular formula is C22H28FN3O. The van der Waals surface area contributed by atoms with Gasteiger partial charge in [0.1, 0.15) is 11.6 Å². The van der Waals surface area contributed by atoms with E-state index < -0.39 is 0 Å².